The third-order valence-electron chi connectivity index (χ3n) is 4.65. The molecule has 1 fully saturated rings. The second kappa shape index (κ2) is 9.20. The fourth-order valence-corrected chi connectivity index (χ4v) is 4.62. The van der Waals surface area contributed by atoms with Gasteiger partial charge in [-0.05, 0) is 18.4 Å². The Balaban J connectivity index is 1.43. The van der Waals surface area contributed by atoms with Crippen LogP contribution in [0.4, 0.5) is 0 Å². The molecule has 10 nitrogen and oxygen atoms in total. The van der Waals surface area contributed by atoms with Gasteiger partial charge in [-0.25, -0.2) is 8.42 Å². The van der Waals surface area contributed by atoms with Gasteiger partial charge in [-0.3, -0.25) is 9.67 Å². The Hall–Kier alpha value is -2.40. The van der Waals surface area contributed by atoms with Crippen LogP contribution in [0.15, 0.2) is 34.2 Å². The summed E-state index contributed by atoms with van der Waals surface area (Å²) >= 11 is 0. The van der Waals surface area contributed by atoms with Crippen LogP contribution in [-0.4, -0.2) is 78.3 Å². The summed E-state index contributed by atoms with van der Waals surface area (Å²) in [5.41, 5.74) is 1.64. The number of guanidine groups is 1. The molecule has 1 aliphatic heterocycles. The maximum absolute atomic E-state index is 12.5. The molecule has 28 heavy (non-hydrogen) atoms. The molecule has 0 saturated carbocycles. The first-order valence-electron chi connectivity index (χ1n) is 9.28. The van der Waals surface area contributed by atoms with E-state index in [9.17, 15) is 8.42 Å². The lowest BCUT2D eigenvalue weighted by atomic mass is 10.2. The quantitative estimate of drug-likeness (QED) is 0.391. The van der Waals surface area contributed by atoms with E-state index in [0.717, 1.165) is 25.3 Å². The van der Waals surface area contributed by atoms with Gasteiger partial charge in [0.05, 0.1) is 11.9 Å². The zero-order valence-electron chi connectivity index (χ0n) is 16.3. The molecule has 2 aromatic heterocycles. The van der Waals surface area contributed by atoms with Crippen molar-refractivity contribution in [1.29, 1.82) is 0 Å². The van der Waals surface area contributed by atoms with Crippen LogP contribution in [-0.2, 0) is 29.2 Å². The van der Waals surface area contributed by atoms with Crippen LogP contribution in [0.3, 0.4) is 0 Å². The molecule has 0 unspecified atom stereocenters. The summed E-state index contributed by atoms with van der Waals surface area (Å²) < 4.78 is 33.1. The summed E-state index contributed by atoms with van der Waals surface area (Å²) in [6, 6.07) is 1.57. The number of aliphatic imine (C=N–C) groups is 1. The van der Waals surface area contributed by atoms with Crippen molar-refractivity contribution in [2.75, 3.05) is 39.8 Å². The molecular weight excluding hydrogens is 382 g/mol. The number of nitrogens with one attached hydrogen (secondary N) is 1. The van der Waals surface area contributed by atoms with E-state index in [0.29, 0.717) is 31.9 Å². The highest BCUT2D eigenvalue weighted by molar-refractivity contribution is 7.88. The summed E-state index contributed by atoms with van der Waals surface area (Å²) in [6.45, 7) is 2.85. The van der Waals surface area contributed by atoms with Gasteiger partial charge in [-0.2, -0.15) is 9.40 Å². The van der Waals surface area contributed by atoms with Gasteiger partial charge in [0.25, 0.3) is 0 Å². The largest absolute Gasteiger partial charge is 0.364 e. The van der Waals surface area contributed by atoms with Gasteiger partial charge in [0, 0.05) is 59.1 Å². The van der Waals surface area contributed by atoms with Crippen LogP contribution in [0.25, 0.3) is 0 Å². The van der Waals surface area contributed by atoms with Crippen molar-refractivity contribution in [3.05, 3.63) is 36.0 Å². The predicted molar refractivity (Wildman–Crippen MR) is 105 cm³/mol. The van der Waals surface area contributed by atoms with Gasteiger partial charge in [0.2, 0.25) is 10.0 Å². The number of aryl methyl sites for hydroxylation is 2. The zero-order chi connectivity index (χ0) is 20.0. The topological polar surface area (TPSA) is 109 Å². The molecule has 3 heterocycles. The first kappa shape index (κ1) is 20.3. The van der Waals surface area contributed by atoms with Gasteiger partial charge >= 0.3 is 0 Å². The van der Waals surface area contributed by atoms with Crippen molar-refractivity contribution in [1.82, 2.24) is 29.5 Å². The number of aromatic nitrogens is 3. The van der Waals surface area contributed by atoms with E-state index >= 15 is 0 Å². The Morgan fingerprint density at radius 3 is 2.71 bits per heavy atom. The van der Waals surface area contributed by atoms with E-state index in [-0.39, 0.29) is 5.75 Å². The summed E-state index contributed by atoms with van der Waals surface area (Å²) in [6.07, 6.45) is 7.20. The molecule has 0 aromatic carbocycles. The number of hydrogen-bond acceptors (Lipinski definition) is 6. The molecule has 1 N–H and O–H groups in total. The lowest BCUT2D eigenvalue weighted by Crippen LogP contribution is -2.54. The third kappa shape index (κ3) is 5.32. The van der Waals surface area contributed by atoms with Crippen LogP contribution in [0.2, 0.25) is 0 Å². The SMILES string of the molecule is CN=C(NCCCc1cnn(C)c1)N1CCN(S(=O)(=O)Cc2ccon2)CC1. The van der Waals surface area contributed by atoms with Crippen LogP contribution < -0.4 is 5.32 Å². The Morgan fingerprint density at radius 1 is 1.32 bits per heavy atom. The van der Waals surface area contributed by atoms with Gasteiger partial charge in [-0.15, -0.1) is 0 Å². The van der Waals surface area contributed by atoms with E-state index in [4.69, 9.17) is 4.52 Å². The predicted octanol–water partition coefficient (Wildman–Crippen LogP) is 0.0637. The molecule has 0 aliphatic carbocycles. The second-order valence-electron chi connectivity index (χ2n) is 6.73. The van der Waals surface area contributed by atoms with Gasteiger partial charge in [0.15, 0.2) is 5.96 Å². The highest BCUT2D eigenvalue weighted by Crippen LogP contribution is 2.13. The smallest absolute Gasteiger partial charge is 0.220 e. The molecule has 0 bridgehead atoms. The molecule has 154 valence electrons. The van der Waals surface area contributed by atoms with Gasteiger partial charge < -0.3 is 14.7 Å². The van der Waals surface area contributed by atoms with Crippen LogP contribution in [0, 0.1) is 0 Å². The maximum atomic E-state index is 12.5. The van der Waals surface area contributed by atoms with Crippen molar-refractivity contribution in [3.8, 4) is 0 Å². The second-order valence-corrected chi connectivity index (χ2v) is 8.70. The summed E-state index contributed by atoms with van der Waals surface area (Å²) in [4.78, 5) is 6.42. The molecule has 1 aliphatic rings. The van der Waals surface area contributed by atoms with Crippen LogP contribution in [0.1, 0.15) is 17.7 Å². The monoisotopic (exact) mass is 409 g/mol. The average Bonchev–Trinajstić information content (AvgIpc) is 3.33. The number of hydrogen-bond donors (Lipinski definition) is 1. The van der Waals surface area contributed by atoms with E-state index in [1.165, 1.54) is 16.1 Å². The third-order valence-corrected chi connectivity index (χ3v) is 6.46. The van der Waals surface area contributed by atoms with E-state index in [1.54, 1.807) is 17.8 Å². The maximum Gasteiger partial charge on any atom is 0.220 e. The Bertz CT molecular complexity index is 868. The van der Waals surface area contributed by atoms with Crippen molar-refractivity contribution in [3.63, 3.8) is 0 Å². The van der Waals surface area contributed by atoms with E-state index in [2.05, 4.69) is 25.5 Å². The number of piperazine rings is 1. The fraction of sp³-hybridized carbons (Fsp3) is 0.588. The number of rotatable bonds is 7. The molecule has 11 heteroatoms. The lowest BCUT2D eigenvalue weighted by molar-refractivity contribution is 0.260. The highest BCUT2D eigenvalue weighted by Gasteiger charge is 2.28. The Morgan fingerprint density at radius 2 is 2.11 bits per heavy atom. The Labute approximate surface area is 165 Å². The normalized spacial score (nSPS) is 16.5. The fourth-order valence-electron chi connectivity index (χ4n) is 3.19. The van der Waals surface area contributed by atoms with E-state index < -0.39 is 10.0 Å². The molecule has 0 spiro atoms. The van der Waals surface area contributed by atoms with Gasteiger partial charge in [0.1, 0.15) is 12.0 Å². The molecule has 3 rings (SSSR count). The van der Waals surface area contributed by atoms with Crippen molar-refractivity contribution >= 4 is 16.0 Å². The zero-order valence-corrected chi connectivity index (χ0v) is 17.1. The van der Waals surface area contributed by atoms with Crippen molar-refractivity contribution in [2.24, 2.45) is 12.0 Å². The highest BCUT2D eigenvalue weighted by atomic mass is 32.2. The van der Waals surface area contributed by atoms with Crippen LogP contribution in [0.5, 0.6) is 0 Å². The average molecular weight is 410 g/mol. The molecule has 0 amide bonds. The first-order valence-corrected chi connectivity index (χ1v) is 10.9. The van der Waals surface area contributed by atoms with Gasteiger partial charge in [-0.1, -0.05) is 5.16 Å². The minimum absolute atomic E-state index is 0.134. The molecular formula is C17H27N7O3S. The van der Waals surface area contributed by atoms with Crippen molar-refractivity contribution < 1.29 is 12.9 Å². The summed E-state index contributed by atoms with van der Waals surface area (Å²) in [5, 5.41) is 11.2. The molecule has 0 atom stereocenters. The standard InChI is InChI=1S/C17H27N7O3S/c1-18-17(19-6-3-4-15-12-20-22(2)13-15)23-7-9-24(10-8-23)28(25,26)14-16-5-11-27-21-16/h5,11-13H,3-4,6-10,14H2,1-2H3,(H,18,19). The summed E-state index contributed by atoms with van der Waals surface area (Å²) in [5.74, 6) is 0.671. The number of sulfonamides is 1. The summed E-state index contributed by atoms with van der Waals surface area (Å²) in [7, 11) is 0.263. The molecule has 0 radical (unpaired) electrons. The first-order chi connectivity index (χ1) is 13.5. The van der Waals surface area contributed by atoms with E-state index in [1.807, 2.05) is 19.4 Å². The Kier molecular flexibility index (Phi) is 6.68. The minimum Gasteiger partial charge on any atom is -0.364 e. The van der Waals surface area contributed by atoms with Crippen molar-refractivity contribution in [2.45, 2.75) is 18.6 Å². The molecule has 2 aromatic rings. The minimum atomic E-state index is -3.40. The molecule has 1 saturated heterocycles. The lowest BCUT2D eigenvalue weighted by Gasteiger charge is -2.35. The number of nitrogens with zero attached hydrogens (tertiary/aromatic N) is 6. The van der Waals surface area contributed by atoms with Crippen LogP contribution >= 0.6 is 0 Å².